The molecule has 0 aromatic rings. The number of hydrogen-bond donors (Lipinski definition) is 0. The zero-order chi connectivity index (χ0) is 2.71. The van der Waals surface area contributed by atoms with Gasteiger partial charge in [-0.2, -0.15) is 0 Å². The maximum Gasteiger partial charge on any atom is 0 e. The average Bonchev–Trinajstić information content (AvgIpc) is 0.918. The van der Waals surface area contributed by atoms with Gasteiger partial charge in [0.2, 0.25) is 0 Å². The smallest absolute Gasteiger partial charge is 0 e. The minimum absolute atomic E-state index is 0. The molecule has 0 atom stereocenters. The number of hydrogen-bond acceptors (Lipinski definition) is 2. The van der Waals surface area contributed by atoms with Gasteiger partial charge >= 0.3 is 22.7 Å². The molecule has 0 saturated heterocycles. The zero-order valence-electron chi connectivity index (χ0n) is 1.58. The van der Waals surface area contributed by atoms with E-state index in [1.54, 1.807) is 0 Å². The van der Waals surface area contributed by atoms with E-state index < -0.39 is 15.1 Å². The van der Waals surface area contributed by atoms with E-state index in [4.69, 9.17) is 7.61 Å². The summed E-state index contributed by atoms with van der Waals surface area (Å²) in [5.41, 5.74) is 0. The van der Waals surface area contributed by atoms with E-state index in [0.29, 0.717) is 0 Å². The normalized spacial score (nSPS) is 3.00. The summed E-state index contributed by atoms with van der Waals surface area (Å²) < 4.78 is 16.9. The molecule has 0 unspecified atom stereocenters. The van der Waals surface area contributed by atoms with Crippen molar-refractivity contribution in [1.29, 1.82) is 0 Å². The van der Waals surface area contributed by atoms with Gasteiger partial charge in [-0.05, 0) is 0 Å². The Kier molecular flexibility index (Phi) is 20.4. The minimum atomic E-state index is -1.62. The van der Waals surface area contributed by atoms with E-state index in [1.165, 1.54) is 0 Å². The van der Waals surface area contributed by atoms with Gasteiger partial charge in [-0.1, -0.05) is 0 Å². The van der Waals surface area contributed by atoms with Crippen LogP contribution in [0, 0.1) is 0 Å². The van der Waals surface area contributed by atoms with Crippen LogP contribution < -0.4 is 0 Å². The van der Waals surface area contributed by atoms with Gasteiger partial charge in [0.15, 0.2) is 0 Å². The Balaban J connectivity index is 0. The molecule has 0 rings (SSSR count). The fraction of sp³-hybridized carbons (Fsp3) is 0. The second kappa shape index (κ2) is 9.25. The van der Waals surface area contributed by atoms with Crippen LogP contribution in [0.1, 0.15) is 0 Å². The molecule has 0 aromatic carbocycles. The van der Waals surface area contributed by atoms with Crippen LogP contribution in [0.3, 0.4) is 0 Å². The Morgan fingerprint density at radius 3 is 1.25 bits per heavy atom. The van der Waals surface area contributed by atoms with Crippen molar-refractivity contribution in [2.24, 2.45) is 0 Å². The molecular weight excluding hydrogens is 185 g/mol. The van der Waals surface area contributed by atoms with Crippen LogP contribution in [0.4, 0.5) is 0 Å². The van der Waals surface area contributed by atoms with Crippen molar-refractivity contribution in [3.8, 4) is 0 Å². The summed E-state index contributed by atoms with van der Waals surface area (Å²) in [6, 6.07) is 0. The molecule has 0 radical (unpaired) electrons. The fourth-order valence-electron chi connectivity index (χ4n) is 0. The van der Waals surface area contributed by atoms with Crippen LogP contribution in [0.5, 0.6) is 0 Å². The molecular formula is CrO2Ru. The Morgan fingerprint density at radius 1 is 1.25 bits per heavy atom. The van der Waals surface area contributed by atoms with Gasteiger partial charge in [0.05, 0.1) is 0 Å². The van der Waals surface area contributed by atoms with E-state index in [0.717, 1.165) is 0 Å². The van der Waals surface area contributed by atoms with Gasteiger partial charge in [0, 0.05) is 19.5 Å². The molecule has 2 nitrogen and oxygen atoms in total. The third-order valence-electron chi connectivity index (χ3n) is 0. The fourth-order valence-corrected chi connectivity index (χ4v) is 0. The molecule has 0 bridgehead atoms. The molecule has 4 heavy (non-hydrogen) atoms. The Hall–Kier alpha value is 0.756. The molecule has 0 aromatic heterocycles. The summed E-state index contributed by atoms with van der Waals surface area (Å²) in [5.74, 6) is 0. The molecule has 0 spiro atoms. The molecule has 0 aliphatic carbocycles. The molecule has 0 amide bonds. The van der Waals surface area contributed by atoms with Crippen molar-refractivity contribution in [2.45, 2.75) is 0 Å². The van der Waals surface area contributed by atoms with Crippen LogP contribution in [0.15, 0.2) is 0 Å². The quantitative estimate of drug-likeness (QED) is 0.488. The monoisotopic (exact) mass is 186 g/mol. The molecule has 0 saturated carbocycles. The first-order chi connectivity index (χ1) is 1.41. The maximum absolute atomic E-state index is 8.44. The third kappa shape index (κ3) is 14.9. The molecule has 0 heterocycles. The summed E-state index contributed by atoms with van der Waals surface area (Å²) in [6.45, 7) is 0. The van der Waals surface area contributed by atoms with Crippen molar-refractivity contribution < 1.29 is 42.2 Å². The SMILES string of the molecule is [O]=[Cr]=[O].[Ru]. The van der Waals surface area contributed by atoms with Crippen molar-refractivity contribution in [1.82, 2.24) is 0 Å². The standard InChI is InChI=1S/Cr.2O.Ru. The largest absolute Gasteiger partial charge is 0 e. The van der Waals surface area contributed by atoms with Crippen LogP contribution in [-0.2, 0) is 42.2 Å². The molecule has 0 N–H and O–H groups in total. The molecule has 0 fully saturated rings. The minimum Gasteiger partial charge on any atom is 0 e. The van der Waals surface area contributed by atoms with Gasteiger partial charge in [-0.25, -0.2) is 0 Å². The van der Waals surface area contributed by atoms with Crippen LogP contribution >= 0.6 is 0 Å². The summed E-state index contributed by atoms with van der Waals surface area (Å²) >= 11 is -1.62. The van der Waals surface area contributed by atoms with Crippen molar-refractivity contribution in [3.05, 3.63) is 0 Å². The Labute approximate surface area is 42.5 Å². The average molecular weight is 185 g/mol. The molecule has 0 aliphatic rings. The maximum atomic E-state index is 8.44. The zero-order valence-corrected chi connectivity index (χ0v) is 4.59. The van der Waals surface area contributed by atoms with Gasteiger partial charge in [-0.15, -0.1) is 0 Å². The number of rotatable bonds is 0. The summed E-state index contributed by atoms with van der Waals surface area (Å²) in [4.78, 5) is 0. The van der Waals surface area contributed by atoms with Gasteiger partial charge in [0.25, 0.3) is 0 Å². The molecule has 0 aliphatic heterocycles. The Bertz CT molecular complexity index is 27.0. The second-order valence-corrected chi connectivity index (χ2v) is 0.281. The predicted molar refractivity (Wildman–Crippen MR) is 1.37 cm³/mol. The topological polar surface area (TPSA) is 34.1 Å². The first kappa shape index (κ1) is 8.83. The Morgan fingerprint density at radius 2 is 1.25 bits per heavy atom. The van der Waals surface area contributed by atoms with Crippen LogP contribution in [-0.4, -0.2) is 0 Å². The van der Waals surface area contributed by atoms with Crippen molar-refractivity contribution in [2.75, 3.05) is 0 Å². The van der Waals surface area contributed by atoms with E-state index in [-0.39, 0.29) is 19.5 Å². The first-order valence-electron chi connectivity index (χ1n) is 0.333. The van der Waals surface area contributed by atoms with Crippen LogP contribution in [0.25, 0.3) is 0 Å². The van der Waals surface area contributed by atoms with E-state index in [9.17, 15) is 0 Å². The van der Waals surface area contributed by atoms with Crippen molar-refractivity contribution in [3.63, 3.8) is 0 Å². The van der Waals surface area contributed by atoms with Gasteiger partial charge in [-0.3, -0.25) is 0 Å². The van der Waals surface area contributed by atoms with E-state index in [1.807, 2.05) is 0 Å². The summed E-state index contributed by atoms with van der Waals surface area (Å²) in [5, 5.41) is 0. The van der Waals surface area contributed by atoms with Crippen LogP contribution in [0.2, 0.25) is 0 Å². The summed E-state index contributed by atoms with van der Waals surface area (Å²) in [6.07, 6.45) is 0. The second-order valence-electron chi connectivity index (χ2n) is 0.0680. The van der Waals surface area contributed by atoms with Crippen molar-refractivity contribution >= 4 is 0 Å². The molecule has 26 valence electrons. The van der Waals surface area contributed by atoms with Gasteiger partial charge in [0.1, 0.15) is 0 Å². The van der Waals surface area contributed by atoms with Gasteiger partial charge < -0.3 is 0 Å². The van der Waals surface area contributed by atoms with E-state index in [2.05, 4.69) is 0 Å². The van der Waals surface area contributed by atoms with E-state index >= 15 is 0 Å². The third-order valence-corrected chi connectivity index (χ3v) is 0. The molecule has 4 heteroatoms. The predicted octanol–water partition coefficient (Wildman–Crippen LogP) is -0.243. The summed E-state index contributed by atoms with van der Waals surface area (Å²) in [7, 11) is 0. The first-order valence-corrected chi connectivity index (χ1v) is 1.37.